The van der Waals surface area contributed by atoms with Gasteiger partial charge < -0.3 is 5.32 Å². The summed E-state index contributed by atoms with van der Waals surface area (Å²) in [6, 6.07) is 5.83. The molecule has 70 valence electrons. The Morgan fingerprint density at radius 2 is 2.43 bits per heavy atom. The third kappa shape index (κ3) is 1.40. The zero-order valence-corrected chi connectivity index (χ0v) is 7.86. The summed E-state index contributed by atoms with van der Waals surface area (Å²) in [5, 5.41) is 7.18. The number of rotatable bonds is 2. The van der Waals surface area contributed by atoms with Crippen LogP contribution in [0.5, 0.6) is 0 Å². The van der Waals surface area contributed by atoms with Crippen LogP contribution in [0.2, 0.25) is 0 Å². The molecule has 2 aromatic heterocycles. The largest absolute Gasteiger partial charge is 0.342 e. The normalized spacial score (nSPS) is 10.0. The Bertz CT molecular complexity index is 492. The number of pyridine rings is 1. The third-order valence-electron chi connectivity index (χ3n) is 1.90. The molecule has 1 N–H and O–H groups in total. The molecule has 0 radical (unpaired) electrons. The summed E-state index contributed by atoms with van der Waals surface area (Å²) in [7, 11) is 0. The molecule has 0 aliphatic carbocycles. The first-order valence-electron chi connectivity index (χ1n) is 4.31. The van der Waals surface area contributed by atoms with Gasteiger partial charge >= 0.3 is 0 Å². The molecule has 2 aromatic rings. The van der Waals surface area contributed by atoms with Crippen molar-refractivity contribution in [1.82, 2.24) is 14.6 Å². The summed E-state index contributed by atoms with van der Waals surface area (Å²) in [6.45, 7) is 2.42. The lowest BCUT2D eigenvalue weighted by Crippen LogP contribution is -2.00. The van der Waals surface area contributed by atoms with Gasteiger partial charge in [0.05, 0.1) is 6.54 Å². The quantitative estimate of drug-likeness (QED) is 0.714. The number of anilines is 1. The molecule has 4 nitrogen and oxygen atoms in total. The number of nitrogens with zero attached hydrogens (tertiary/aromatic N) is 3. The van der Waals surface area contributed by atoms with E-state index in [0.29, 0.717) is 12.5 Å². The van der Waals surface area contributed by atoms with Crippen LogP contribution in [0, 0.1) is 19.3 Å². The molecule has 0 unspecified atom stereocenters. The lowest BCUT2D eigenvalue weighted by atomic mass is 10.4. The lowest BCUT2D eigenvalue weighted by molar-refractivity contribution is 0.915. The number of hydrogen-bond acceptors (Lipinski definition) is 3. The van der Waals surface area contributed by atoms with Crippen molar-refractivity contribution in [3.05, 3.63) is 23.9 Å². The number of hydrogen-bond donors (Lipinski definition) is 1. The van der Waals surface area contributed by atoms with E-state index in [1.165, 1.54) is 0 Å². The SMILES string of the molecule is C#CCNc1nc2cccc(C)n2n1. The topological polar surface area (TPSA) is 42.2 Å². The van der Waals surface area contributed by atoms with Gasteiger partial charge in [0.2, 0.25) is 5.95 Å². The molecule has 2 heterocycles. The zero-order valence-electron chi connectivity index (χ0n) is 7.86. The molecule has 0 aliphatic heterocycles. The van der Waals surface area contributed by atoms with Crippen molar-refractivity contribution in [3.8, 4) is 12.3 Å². The summed E-state index contributed by atoms with van der Waals surface area (Å²) in [5.74, 6) is 3.04. The first-order valence-corrected chi connectivity index (χ1v) is 4.31. The molecule has 0 amide bonds. The predicted octanol–water partition coefficient (Wildman–Crippen LogP) is 1.08. The molecular formula is C10H10N4. The Kier molecular flexibility index (Phi) is 2.07. The van der Waals surface area contributed by atoms with E-state index in [1.807, 2.05) is 25.1 Å². The summed E-state index contributed by atoms with van der Waals surface area (Å²) in [4.78, 5) is 4.26. The molecule has 0 atom stereocenters. The number of fused-ring (bicyclic) bond motifs is 1. The van der Waals surface area contributed by atoms with Crippen LogP contribution in [-0.4, -0.2) is 21.1 Å². The Morgan fingerprint density at radius 1 is 1.57 bits per heavy atom. The molecule has 0 aliphatic rings. The first kappa shape index (κ1) is 8.57. The fourth-order valence-corrected chi connectivity index (χ4v) is 1.24. The maximum Gasteiger partial charge on any atom is 0.243 e. The zero-order chi connectivity index (χ0) is 9.97. The van der Waals surface area contributed by atoms with E-state index < -0.39 is 0 Å². The van der Waals surface area contributed by atoms with Crippen molar-refractivity contribution in [2.24, 2.45) is 0 Å². The highest BCUT2D eigenvalue weighted by Gasteiger charge is 2.02. The van der Waals surface area contributed by atoms with Gasteiger partial charge in [-0.1, -0.05) is 12.0 Å². The summed E-state index contributed by atoms with van der Waals surface area (Å²) >= 11 is 0. The summed E-state index contributed by atoms with van der Waals surface area (Å²) in [6.07, 6.45) is 5.13. The van der Waals surface area contributed by atoms with Gasteiger partial charge in [-0.25, -0.2) is 4.52 Å². The van der Waals surface area contributed by atoms with E-state index in [1.54, 1.807) is 4.52 Å². The van der Waals surface area contributed by atoms with Crippen LogP contribution >= 0.6 is 0 Å². The number of aryl methyl sites for hydroxylation is 1. The fourth-order valence-electron chi connectivity index (χ4n) is 1.24. The van der Waals surface area contributed by atoms with Crippen LogP contribution in [-0.2, 0) is 0 Å². The molecule has 14 heavy (non-hydrogen) atoms. The molecule has 0 saturated heterocycles. The highest BCUT2D eigenvalue weighted by molar-refractivity contribution is 5.44. The van der Waals surface area contributed by atoms with Gasteiger partial charge in [0.1, 0.15) is 0 Å². The molecule has 0 saturated carbocycles. The van der Waals surface area contributed by atoms with E-state index in [9.17, 15) is 0 Å². The number of aromatic nitrogens is 3. The highest BCUT2D eigenvalue weighted by atomic mass is 15.3. The molecular weight excluding hydrogens is 176 g/mol. The van der Waals surface area contributed by atoms with Crippen LogP contribution in [0.3, 0.4) is 0 Å². The maximum absolute atomic E-state index is 5.13. The van der Waals surface area contributed by atoms with Gasteiger partial charge in [-0.05, 0) is 19.1 Å². The Balaban J connectivity index is 2.42. The minimum absolute atomic E-state index is 0.440. The van der Waals surface area contributed by atoms with Crippen LogP contribution in [0.4, 0.5) is 5.95 Å². The Hall–Kier alpha value is -2.02. The van der Waals surface area contributed by atoms with E-state index in [-0.39, 0.29) is 0 Å². The number of nitrogens with one attached hydrogen (secondary N) is 1. The van der Waals surface area contributed by atoms with Crippen LogP contribution < -0.4 is 5.32 Å². The predicted molar refractivity (Wildman–Crippen MR) is 55.0 cm³/mol. The molecule has 2 rings (SSSR count). The van der Waals surface area contributed by atoms with Gasteiger partial charge in [0, 0.05) is 5.69 Å². The molecule has 4 heteroatoms. The van der Waals surface area contributed by atoms with Gasteiger partial charge in [0.25, 0.3) is 0 Å². The van der Waals surface area contributed by atoms with E-state index in [4.69, 9.17) is 6.42 Å². The first-order chi connectivity index (χ1) is 6.81. The second-order valence-corrected chi connectivity index (χ2v) is 2.93. The third-order valence-corrected chi connectivity index (χ3v) is 1.90. The standard InChI is InChI=1S/C10H10N4/c1-3-7-11-10-12-9-6-4-5-8(2)14(9)13-10/h1,4-6H,7H2,2H3,(H,11,13). The second kappa shape index (κ2) is 3.38. The minimum atomic E-state index is 0.440. The van der Waals surface area contributed by atoms with Crippen molar-refractivity contribution < 1.29 is 0 Å². The Morgan fingerprint density at radius 3 is 3.14 bits per heavy atom. The minimum Gasteiger partial charge on any atom is -0.342 e. The van der Waals surface area contributed by atoms with E-state index in [2.05, 4.69) is 21.3 Å². The van der Waals surface area contributed by atoms with Crippen molar-refractivity contribution in [3.63, 3.8) is 0 Å². The van der Waals surface area contributed by atoms with Crippen LogP contribution in [0.15, 0.2) is 18.2 Å². The molecule has 0 aromatic carbocycles. The average molecular weight is 186 g/mol. The average Bonchev–Trinajstić information content (AvgIpc) is 2.59. The van der Waals surface area contributed by atoms with Crippen molar-refractivity contribution in [2.75, 3.05) is 11.9 Å². The van der Waals surface area contributed by atoms with Crippen LogP contribution in [0.1, 0.15) is 5.69 Å². The van der Waals surface area contributed by atoms with Crippen molar-refractivity contribution in [1.29, 1.82) is 0 Å². The van der Waals surface area contributed by atoms with Gasteiger partial charge in [-0.2, -0.15) is 4.98 Å². The van der Waals surface area contributed by atoms with Crippen molar-refractivity contribution in [2.45, 2.75) is 6.92 Å². The Labute approximate surface area is 82.0 Å². The number of terminal acetylenes is 1. The highest BCUT2D eigenvalue weighted by Crippen LogP contribution is 2.07. The monoisotopic (exact) mass is 186 g/mol. The maximum atomic E-state index is 5.13. The lowest BCUT2D eigenvalue weighted by Gasteiger charge is -1.94. The second-order valence-electron chi connectivity index (χ2n) is 2.93. The van der Waals surface area contributed by atoms with Crippen LogP contribution in [0.25, 0.3) is 5.65 Å². The summed E-state index contributed by atoms with van der Waals surface area (Å²) < 4.78 is 1.78. The van der Waals surface area contributed by atoms with Crippen molar-refractivity contribution >= 4 is 11.6 Å². The smallest absolute Gasteiger partial charge is 0.243 e. The van der Waals surface area contributed by atoms with E-state index >= 15 is 0 Å². The fraction of sp³-hybridized carbons (Fsp3) is 0.200. The van der Waals surface area contributed by atoms with E-state index in [0.717, 1.165) is 11.3 Å². The van der Waals surface area contributed by atoms with Gasteiger partial charge in [-0.15, -0.1) is 11.5 Å². The summed E-state index contributed by atoms with van der Waals surface area (Å²) in [5.41, 5.74) is 1.87. The van der Waals surface area contributed by atoms with Gasteiger partial charge in [0.15, 0.2) is 5.65 Å². The molecule has 0 fully saturated rings. The van der Waals surface area contributed by atoms with Gasteiger partial charge in [-0.3, -0.25) is 0 Å². The molecule has 0 spiro atoms. The molecule has 0 bridgehead atoms.